The molecule has 0 spiro atoms. The Morgan fingerprint density at radius 2 is 2.00 bits per heavy atom. The lowest BCUT2D eigenvalue weighted by Gasteiger charge is -2.36. The standard InChI is InChI=1S/C21H27ClFN5O2/c1-3-4-12-24-20(30)21(10-6-5-7-11-21)25-19(29)18-14(2)28(27-26-18)15-8-9-17(23)16(22)13-15/h8-9,13H,3-7,10-12H2,1-2H3,(H,24,30)(H,25,29). The van der Waals surface area contributed by atoms with Gasteiger partial charge in [0, 0.05) is 6.54 Å². The molecule has 0 aliphatic heterocycles. The number of nitrogens with zero attached hydrogens (tertiary/aromatic N) is 3. The van der Waals surface area contributed by atoms with E-state index < -0.39 is 17.3 Å². The zero-order valence-electron chi connectivity index (χ0n) is 17.3. The Morgan fingerprint density at radius 1 is 1.27 bits per heavy atom. The third-order valence-electron chi connectivity index (χ3n) is 5.57. The van der Waals surface area contributed by atoms with Crippen LogP contribution in [-0.2, 0) is 4.79 Å². The van der Waals surface area contributed by atoms with Gasteiger partial charge in [-0.1, -0.05) is 49.4 Å². The van der Waals surface area contributed by atoms with E-state index in [4.69, 9.17) is 11.6 Å². The quantitative estimate of drug-likeness (QED) is 0.649. The molecule has 0 saturated heterocycles. The van der Waals surface area contributed by atoms with Crippen LogP contribution in [0.3, 0.4) is 0 Å². The van der Waals surface area contributed by atoms with Gasteiger partial charge in [-0.2, -0.15) is 0 Å². The van der Waals surface area contributed by atoms with Gasteiger partial charge in [-0.25, -0.2) is 9.07 Å². The number of aromatic nitrogens is 3. The van der Waals surface area contributed by atoms with Crippen LogP contribution in [0.2, 0.25) is 5.02 Å². The van der Waals surface area contributed by atoms with Crippen molar-refractivity contribution in [2.45, 2.75) is 64.3 Å². The van der Waals surface area contributed by atoms with Crippen LogP contribution in [0.5, 0.6) is 0 Å². The Balaban J connectivity index is 1.81. The van der Waals surface area contributed by atoms with Gasteiger partial charge in [0.15, 0.2) is 5.69 Å². The zero-order valence-corrected chi connectivity index (χ0v) is 18.1. The number of amides is 2. The van der Waals surface area contributed by atoms with Crippen LogP contribution in [0.4, 0.5) is 4.39 Å². The average Bonchev–Trinajstić information content (AvgIpc) is 3.12. The van der Waals surface area contributed by atoms with Crippen molar-refractivity contribution < 1.29 is 14.0 Å². The number of unbranched alkanes of at least 4 members (excludes halogenated alkanes) is 1. The summed E-state index contributed by atoms with van der Waals surface area (Å²) in [7, 11) is 0. The number of rotatable bonds is 7. The largest absolute Gasteiger partial charge is 0.354 e. The van der Waals surface area contributed by atoms with Gasteiger partial charge in [0.1, 0.15) is 11.4 Å². The van der Waals surface area contributed by atoms with Gasteiger partial charge in [0.25, 0.3) is 5.91 Å². The van der Waals surface area contributed by atoms with E-state index in [1.165, 1.54) is 22.9 Å². The lowest BCUT2D eigenvalue weighted by Crippen LogP contribution is -2.60. The molecule has 1 aromatic heterocycles. The Morgan fingerprint density at radius 3 is 2.67 bits per heavy atom. The molecule has 3 rings (SSSR count). The van der Waals surface area contributed by atoms with Gasteiger partial charge in [0.2, 0.25) is 5.91 Å². The van der Waals surface area contributed by atoms with Crippen molar-refractivity contribution >= 4 is 23.4 Å². The molecule has 1 fully saturated rings. The number of nitrogens with one attached hydrogen (secondary N) is 2. The lowest BCUT2D eigenvalue weighted by atomic mass is 9.80. The lowest BCUT2D eigenvalue weighted by molar-refractivity contribution is -0.128. The second kappa shape index (κ2) is 9.55. The van der Waals surface area contributed by atoms with E-state index in [2.05, 4.69) is 27.9 Å². The summed E-state index contributed by atoms with van der Waals surface area (Å²) >= 11 is 5.86. The van der Waals surface area contributed by atoms with E-state index in [-0.39, 0.29) is 16.6 Å². The highest BCUT2D eigenvalue weighted by atomic mass is 35.5. The zero-order chi connectivity index (χ0) is 21.7. The number of carbonyl (C=O) groups excluding carboxylic acids is 2. The van der Waals surface area contributed by atoms with Crippen molar-refractivity contribution in [1.82, 2.24) is 25.6 Å². The molecule has 2 amide bonds. The third kappa shape index (κ3) is 4.64. The summed E-state index contributed by atoms with van der Waals surface area (Å²) in [4.78, 5) is 26.0. The second-order valence-corrected chi connectivity index (χ2v) is 8.15. The van der Waals surface area contributed by atoms with Crippen LogP contribution in [0, 0.1) is 12.7 Å². The molecule has 0 radical (unpaired) electrons. The summed E-state index contributed by atoms with van der Waals surface area (Å²) < 4.78 is 14.9. The fourth-order valence-corrected chi connectivity index (χ4v) is 3.96. The van der Waals surface area contributed by atoms with Crippen molar-refractivity contribution in [1.29, 1.82) is 0 Å². The topological polar surface area (TPSA) is 88.9 Å². The number of carbonyl (C=O) groups is 2. The molecule has 1 aliphatic carbocycles. The summed E-state index contributed by atoms with van der Waals surface area (Å²) in [6.07, 6.45) is 5.86. The predicted octanol–water partition coefficient (Wildman–Crippen LogP) is 3.72. The fraction of sp³-hybridized carbons (Fsp3) is 0.524. The van der Waals surface area contributed by atoms with Crippen molar-refractivity contribution in [3.63, 3.8) is 0 Å². The van der Waals surface area contributed by atoms with Crippen LogP contribution in [0.1, 0.15) is 68.1 Å². The first-order chi connectivity index (χ1) is 14.4. The van der Waals surface area contributed by atoms with Crippen molar-refractivity contribution in [3.8, 4) is 5.69 Å². The molecule has 2 aromatic rings. The molecule has 30 heavy (non-hydrogen) atoms. The Bertz CT molecular complexity index is 924. The third-order valence-corrected chi connectivity index (χ3v) is 5.86. The van der Waals surface area contributed by atoms with E-state index in [0.29, 0.717) is 30.8 Å². The van der Waals surface area contributed by atoms with E-state index >= 15 is 0 Å². The molecule has 0 unspecified atom stereocenters. The first-order valence-corrected chi connectivity index (χ1v) is 10.7. The predicted molar refractivity (Wildman–Crippen MR) is 112 cm³/mol. The Labute approximate surface area is 180 Å². The maximum atomic E-state index is 13.5. The number of hydrogen-bond acceptors (Lipinski definition) is 4. The first-order valence-electron chi connectivity index (χ1n) is 10.4. The van der Waals surface area contributed by atoms with E-state index in [9.17, 15) is 14.0 Å². The summed E-state index contributed by atoms with van der Waals surface area (Å²) in [5.41, 5.74) is 0.169. The molecule has 0 atom stereocenters. The van der Waals surface area contributed by atoms with Crippen molar-refractivity contribution in [2.75, 3.05) is 6.54 Å². The number of hydrogen-bond donors (Lipinski definition) is 2. The minimum absolute atomic E-state index is 0.0432. The minimum atomic E-state index is -0.932. The number of halogens is 2. The fourth-order valence-electron chi connectivity index (χ4n) is 3.79. The van der Waals surface area contributed by atoms with E-state index in [0.717, 1.165) is 32.1 Å². The van der Waals surface area contributed by atoms with Crippen LogP contribution < -0.4 is 10.6 Å². The maximum Gasteiger partial charge on any atom is 0.274 e. The average molecular weight is 436 g/mol. The summed E-state index contributed by atoms with van der Waals surface area (Å²) in [6, 6.07) is 4.16. The second-order valence-electron chi connectivity index (χ2n) is 7.74. The highest BCUT2D eigenvalue weighted by molar-refractivity contribution is 6.30. The molecular formula is C21H27ClFN5O2. The van der Waals surface area contributed by atoms with Gasteiger partial charge in [-0.05, 0) is 44.4 Å². The molecular weight excluding hydrogens is 409 g/mol. The minimum Gasteiger partial charge on any atom is -0.354 e. The highest BCUT2D eigenvalue weighted by Gasteiger charge is 2.41. The van der Waals surface area contributed by atoms with Gasteiger partial charge in [0.05, 0.1) is 16.4 Å². The molecule has 162 valence electrons. The first kappa shape index (κ1) is 22.2. The molecule has 7 nitrogen and oxygen atoms in total. The smallest absolute Gasteiger partial charge is 0.274 e. The van der Waals surface area contributed by atoms with Gasteiger partial charge in [-0.3, -0.25) is 9.59 Å². The van der Waals surface area contributed by atoms with Crippen molar-refractivity contribution in [2.24, 2.45) is 0 Å². The molecule has 1 heterocycles. The summed E-state index contributed by atoms with van der Waals surface area (Å²) in [6.45, 7) is 4.35. The SMILES string of the molecule is CCCCNC(=O)C1(NC(=O)c2nnn(-c3ccc(F)c(Cl)c3)c2C)CCCCC1. The number of benzene rings is 1. The van der Waals surface area contributed by atoms with E-state index in [1.807, 2.05) is 0 Å². The summed E-state index contributed by atoms with van der Waals surface area (Å²) in [5.74, 6) is -1.12. The Kier molecular flexibility index (Phi) is 7.07. The molecule has 1 aliphatic rings. The van der Waals surface area contributed by atoms with Gasteiger partial charge < -0.3 is 10.6 Å². The molecule has 2 N–H and O–H groups in total. The highest BCUT2D eigenvalue weighted by Crippen LogP contribution is 2.29. The van der Waals surface area contributed by atoms with Crippen LogP contribution in [-0.4, -0.2) is 38.9 Å². The van der Waals surface area contributed by atoms with Crippen LogP contribution >= 0.6 is 11.6 Å². The normalized spacial score (nSPS) is 15.6. The summed E-state index contributed by atoms with van der Waals surface area (Å²) in [5, 5.41) is 13.9. The maximum absolute atomic E-state index is 13.5. The van der Waals surface area contributed by atoms with Gasteiger partial charge in [-0.15, -0.1) is 5.10 Å². The van der Waals surface area contributed by atoms with E-state index in [1.54, 1.807) is 6.92 Å². The van der Waals surface area contributed by atoms with Crippen LogP contribution in [0.25, 0.3) is 5.69 Å². The molecule has 1 saturated carbocycles. The van der Waals surface area contributed by atoms with Gasteiger partial charge >= 0.3 is 0 Å². The Hall–Kier alpha value is -2.48. The molecule has 9 heteroatoms. The van der Waals surface area contributed by atoms with Crippen molar-refractivity contribution in [3.05, 3.63) is 40.4 Å². The molecule has 0 bridgehead atoms. The monoisotopic (exact) mass is 435 g/mol. The molecule has 1 aromatic carbocycles. The van der Waals surface area contributed by atoms with Crippen LogP contribution in [0.15, 0.2) is 18.2 Å².